The Bertz CT molecular complexity index is 681. The van der Waals surface area contributed by atoms with Crippen molar-refractivity contribution in [2.45, 2.75) is 11.9 Å². The van der Waals surface area contributed by atoms with Crippen molar-refractivity contribution in [2.75, 3.05) is 18.1 Å². The van der Waals surface area contributed by atoms with Crippen LogP contribution in [0.3, 0.4) is 0 Å². The molecule has 0 unspecified atom stereocenters. The molecule has 1 rings (SSSR count). The molecule has 10 heteroatoms. The van der Waals surface area contributed by atoms with Crippen LogP contribution in [0.2, 0.25) is 0 Å². The van der Waals surface area contributed by atoms with Crippen molar-refractivity contribution in [2.24, 2.45) is 0 Å². The highest BCUT2D eigenvalue weighted by atomic mass is 35.7. The van der Waals surface area contributed by atoms with Crippen molar-refractivity contribution in [3.63, 3.8) is 0 Å². The van der Waals surface area contributed by atoms with E-state index in [1.54, 1.807) is 6.92 Å². The maximum absolute atomic E-state index is 11.8. The van der Waals surface area contributed by atoms with Gasteiger partial charge in [0.25, 0.3) is 0 Å². The van der Waals surface area contributed by atoms with Gasteiger partial charge in [-0.15, -0.1) is 0 Å². The number of rotatable bonds is 6. The monoisotopic (exact) mass is 341 g/mol. The number of hydrogen-bond acceptors (Lipinski definition) is 7. The molecule has 20 heavy (non-hydrogen) atoms. The first-order chi connectivity index (χ1) is 9.15. The van der Waals surface area contributed by atoms with Crippen LogP contribution in [0.4, 0.5) is 0 Å². The largest absolute Gasteiger partial charge is 0.462 e. The molecular weight excluding hydrogens is 330 g/mol. The molecule has 0 N–H and O–H groups in total. The van der Waals surface area contributed by atoms with Gasteiger partial charge in [-0.3, -0.25) is 0 Å². The van der Waals surface area contributed by atoms with E-state index in [4.69, 9.17) is 15.4 Å². The molecule has 0 amide bonds. The third kappa shape index (κ3) is 5.06. The van der Waals surface area contributed by atoms with Gasteiger partial charge >= 0.3 is 5.97 Å². The Balaban J connectivity index is 2.90. The van der Waals surface area contributed by atoms with Gasteiger partial charge in [0, 0.05) is 16.9 Å². The molecule has 0 fully saturated rings. The minimum atomic E-state index is -3.90. The van der Waals surface area contributed by atoms with Crippen molar-refractivity contribution < 1.29 is 26.4 Å². The lowest BCUT2D eigenvalue weighted by Gasteiger charge is -2.04. The first kappa shape index (κ1) is 16.9. The summed E-state index contributed by atoms with van der Waals surface area (Å²) in [5.41, 5.74) is 0.107. The molecule has 0 bridgehead atoms. The molecule has 0 radical (unpaired) electrons. The quantitative estimate of drug-likeness (QED) is 0.550. The SMILES string of the molecule is CCOC(=O)c1ccc(S(=O)(=O)CCS(=O)(=O)Cl)nc1. The zero-order valence-electron chi connectivity index (χ0n) is 10.4. The van der Waals surface area contributed by atoms with Gasteiger partial charge < -0.3 is 4.74 Å². The molecule has 0 aliphatic heterocycles. The summed E-state index contributed by atoms with van der Waals surface area (Å²) in [7, 11) is -2.82. The number of ether oxygens (including phenoxy) is 1. The fourth-order valence-corrected chi connectivity index (χ4v) is 4.15. The van der Waals surface area contributed by atoms with Crippen molar-refractivity contribution in [1.82, 2.24) is 4.98 Å². The summed E-state index contributed by atoms with van der Waals surface area (Å²) in [5.74, 6) is -2.00. The number of carbonyl (C=O) groups is 1. The first-order valence-electron chi connectivity index (χ1n) is 5.44. The Labute approximate surface area is 121 Å². The number of hydrogen-bond donors (Lipinski definition) is 0. The Kier molecular flexibility index (Phi) is 5.49. The molecule has 0 aromatic carbocycles. The molecule has 1 aromatic rings. The molecular formula is C10H12ClNO6S2. The fourth-order valence-electron chi connectivity index (χ4n) is 1.21. The van der Waals surface area contributed by atoms with Crippen molar-refractivity contribution in [1.29, 1.82) is 0 Å². The topological polar surface area (TPSA) is 107 Å². The van der Waals surface area contributed by atoms with Gasteiger partial charge in [-0.25, -0.2) is 26.6 Å². The lowest BCUT2D eigenvalue weighted by Crippen LogP contribution is -2.15. The maximum atomic E-state index is 11.8. The number of pyridine rings is 1. The summed E-state index contributed by atoms with van der Waals surface area (Å²) >= 11 is 0. The van der Waals surface area contributed by atoms with Crippen LogP contribution in [-0.4, -0.2) is 45.9 Å². The van der Waals surface area contributed by atoms with Crippen LogP contribution in [-0.2, 0) is 23.6 Å². The molecule has 0 saturated heterocycles. The molecule has 0 atom stereocenters. The number of carbonyl (C=O) groups excluding carboxylic acids is 1. The predicted octanol–water partition coefficient (Wildman–Crippen LogP) is 0.601. The van der Waals surface area contributed by atoms with E-state index in [-0.39, 0.29) is 17.2 Å². The zero-order valence-corrected chi connectivity index (χ0v) is 12.8. The van der Waals surface area contributed by atoms with E-state index >= 15 is 0 Å². The van der Waals surface area contributed by atoms with E-state index in [1.165, 1.54) is 6.07 Å². The van der Waals surface area contributed by atoms with E-state index in [0.717, 1.165) is 12.3 Å². The highest BCUT2D eigenvalue weighted by Gasteiger charge is 2.20. The van der Waals surface area contributed by atoms with Gasteiger partial charge in [-0.1, -0.05) is 0 Å². The van der Waals surface area contributed by atoms with E-state index in [9.17, 15) is 21.6 Å². The molecule has 1 aromatic heterocycles. The normalized spacial score (nSPS) is 12.1. The minimum Gasteiger partial charge on any atom is -0.462 e. The van der Waals surface area contributed by atoms with E-state index < -0.39 is 36.4 Å². The van der Waals surface area contributed by atoms with Crippen LogP contribution in [0.25, 0.3) is 0 Å². The zero-order chi connectivity index (χ0) is 15.4. The van der Waals surface area contributed by atoms with Gasteiger partial charge in [-0.05, 0) is 19.1 Å². The molecule has 112 valence electrons. The number of aromatic nitrogens is 1. The summed E-state index contributed by atoms with van der Waals surface area (Å²) in [6.45, 7) is 1.82. The molecule has 0 aliphatic rings. The first-order valence-corrected chi connectivity index (χ1v) is 9.57. The van der Waals surface area contributed by atoms with E-state index in [0.29, 0.717) is 0 Å². The van der Waals surface area contributed by atoms with Gasteiger partial charge in [0.1, 0.15) is 0 Å². The average molecular weight is 342 g/mol. The standard InChI is InChI=1S/C10H12ClNO6S2/c1-2-18-10(13)8-3-4-9(12-7-8)19(14,15)5-6-20(11,16)17/h3-4,7H,2,5-6H2,1H3. The molecule has 1 heterocycles. The second-order valence-electron chi connectivity index (χ2n) is 3.67. The van der Waals surface area contributed by atoms with Gasteiger partial charge in [0.15, 0.2) is 14.9 Å². The number of nitrogens with zero attached hydrogens (tertiary/aromatic N) is 1. The smallest absolute Gasteiger partial charge is 0.339 e. The predicted molar refractivity (Wildman–Crippen MR) is 71.9 cm³/mol. The lowest BCUT2D eigenvalue weighted by molar-refractivity contribution is 0.0525. The van der Waals surface area contributed by atoms with E-state index in [2.05, 4.69) is 4.98 Å². The summed E-state index contributed by atoms with van der Waals surface area (Å²) < 4.78 is 49.8. The van der Waals surface area contributed by atoms with Crippen LogP contribution in [0.5, 0.6) is 0 Å². The molecule has 0 saturated carbocycles. The summed E-state index contributed by atoms with van der Waals surface area (Å²) in [5, 5.41) is -0.328. The van der Waals surface area contributed by atoms with Crippen LogP contribution in [0, 0.1) is 0 Å². The van der Waals surface area contributed by atoms with E-state index in [1.807, 2.05) is 0 Å². The third-order valence-corrected chi connectivity index (χ3v) is 5.20. The van der Waals surface area contributed by atoms with Crippen LogP contribution in [0.15, 0.2) is 23.4 Å². The Morgan fingerprint density at radius 3 is 2.35 bits per heavy atom. The molecule has 0 spiro atoms. The Morgan fingerprint density at radius 1 is 1.25 bits per heavy atom. The summed E-state index contributed by atoms with van der Waals surface area (Å²) in [6, 6.07) is 2.36. The number of sulfone groups is 1. The van der Waals surface area contributed by atoms with Crippen molar-refractivity contribution in [3.8, 4) is 0 Å². The van der Waals surface area contributed by atoms with Crippen molar-refractivity contribution in [3.05, 3.63) is 23.9 Å². The number of halogens is 1. The molecule has 0 aliphatic carbocycles. The Hall–Kier alpha value is -1.19. The average Bonchev–Trinajstić information content (AvgIpc) is 2.36. The minimum absolute atomic E-state index is 0.107. The summed E-state index contributed by atoms with van der Waals surface area (Å²) in [4.78, 5) is 15.0. The Morgan fingerprint density at radius 2 is 1.90 bits per heavy atom. The lowest BCUT2D eigenvalue weighted by atomic mass is 10.3. The maximum Gasteiger partial charge on any atom is 0.339 e. The fraction of sp³-hybridized carbons (Fsp3) is 0.400. The van der Waals surface area contributed by atoms with Crippen LogP contribution < -0.4 is 0 Å². The summed E-state index contributed by atoms with van der Waals surface area (Å²) in [6.07, 6.45) is 1.06. The van der Waals surface area contributed by atoms with Crippen molar-refractivity contribution >= 4 is 35.5 Å². The third-order valence-electron chi connectivity index (χ3n) is 2.16. The van der Waals surface area contributed by atoms with Gasteiger partial charge in [0.05, 0.1) is 23.7 Å². The van der Waals surface area contributed by atoms with Gasteiger partial charge in [0.2, 0.25) is 9.05 Å². The number of esters is 1. The highest BCUT2D eigenvalue weighted by Crippen LogP contribution is 2.11. The second-order valence-corrected chi connectivity index (χ2v) is 8.62. The molecule has 7 nitrogen and oxygen atoms in total. The second kappa shape index (κ2) is 6.51. The van der Waals surface area contributed by atoms with Crippen LogP contribution in [0.1, 0.15) is 17.3 Å². The highest BCUT2D eigenvalue weighted by molar-refractivity contribution is 8.14. The van der Waals surface area contributed by atoms with Crippen LogP contribution >= 0.6 is 10.7 Å². The van der Waals surface area contributed by atoms with Gasteiger partial charge in [-0.2, -0.15) is 0 Å².